The Labute approximate surface area is 129 Å². The Balaban J connectivity index is 1.94. The number of carboxylic acid groups (broad SMARTS) is 1. The van der Waals surface area contributed by atoms with Crippen LogP contribution in [0.1, 0.15) is 22.7 Å². The standard InChI is InChI=1S/C17H18N2O3/c1-12-4-5-15-14(9-12)11-19(7-8-22-15)16(17(20)21)13-3-2-6-18-10-13/h2-6,9-10,16H,7-8,11H2,1H3,(H,20,21). The number of pyridine rings is 1. The van der Waals surface area contributed by atoms with E-state index >= 15 is 0 Å². The molecule has 2 heterocycles. The maximum atomic E-state index is 11.8. The molecule has 1 atom stereocenters. The van der Waals surface area contributed by atoms with Gasteiger partial charge < -0.3 is 9.84 Å². The van der Waals surface area contributed by atoms with Crippen LogP contribution in [0.4, 0.5) is 0 Å². The summed E-state index contributed by atoms with van der Waals surface area (Å²) >= 11 is 0. The van der Waals surface area contributed by atoms with Crippen molar-refractivity contribution < 1.29 is 14.6 Å². The average molecular weight is 298 g/mol. The number of rotatable bonds is 3. The predicted molar refractivity (Wildman–Crippen MR) is 81.7 cm³/mol. The minimum absolute atomic E-state index is 0.472. The lowest BCUT2D eigenvalue weighted by molar-refractivity contribution is -0.144. The second-order valence-corrected chi connectivity index (χ2v) is 5.46. The maximum Gasteiger partial charge on any atom is 0.325 e. The van der Waals surface area contributed by atoms with Gasteiger partial charge in [-0.3, -0.25) is 14.7 Å². The van der Waals surface area contributed by atoms with Gasteiger partial charge >= 0.3 is 5.97 Å². The predicted octanol–water partition coefficient (Wildman–Crippen LogP) is 2.41. The number of carboxylic acids is 1. The number of carbonyl (C=O) groups is 1. The molecule has 1 unspecified atom stereocenters. The molecule has 5 nitrogen and oxygen atoms in total. The van der Waals surface area contributed by atoms with Crippen LogP contribution in [-0.4, -0.2) is 34.1 Å². The summed E-state index contributed by atoms with van der Waals surface area (Å²) in [5.41, 5.74) is 2.84. The molecule has 0 saturated carbocycles. The molecule has 3 rings (SSSR count). The van der Waals surface area contributed by atoms with Crippen molar-refractivity contribution in [2.75, 3.05) is 13.2 Å². The van der Waals surface area contributed by atoms with E-state index in [4.69, 9.17) is 4.74 Å². The Morgan fingerprint density at radius 2 is 2.27 bits per heavy atom. The van der Waals surface area contributed by atoms with Crippen LogP contribution in [0, 0.1) is 6.92 Å². The molecule has 22 heavy (non-hydrogen) atoms. The highest BCUT2D eigenvalue weighted by molar-refractivity contribution is 5.75. The second kappa shape index (κ2) is 6.15. The first-order chi connectivity index (χ1) is 10.6. The molecule has 0 bridgehead atoms. The van der Waals surface area contributed by atoms with Gasteiger partial charge in [0, 0.05) is 31.0 Å². The van der Waals surface area contributed by atoms with Crippen molar-refractivity contribution in [1.82, 2.24) is 9.88 Å². The van der Waals surface area contributed by atoms with E-state index < -0.39 is 12.0 Å². The monoisotopic (exact) mass is 298 g/mol. The highest BCUT2D eigenvalue weighted by atomic mass is 16.5. The van der Waals surface area contributed by atoms with Gasteiger partial charge in [-0.15, -0.1) is 0 Å². The van der Waals surface area contributed by atoms with Gasteiger partial charge in [0.1, 0.15) is 18.4 Å². The van der Waals surface area contributed by atoms with Gasteiger partial charge in [-0.25, -0.2) is 0 Å². The molecule has 5 heteroatoms. The molecule has 1 aromatic carbocycles. The summed E-state index contributed by atoms with van der Waals surface area (Å²) in [6.45, 7) is 3.59. The summed E-state index contributed by atoms with van der Waals surface area (Å²) in [6, 6.07) is 8.85. The van der Waals surface area contributed by atoms with Crippen molar-refractivity contribution in [3.63, 3.8) is 0 Å². The Morgan fingerprint density at radius 3 is 3.00 bits per heavy atom. The van der Waals surface area contributed by atoms with E-state index in [0.29, 0.717) is 25.3 Å². The molecule has 1 N–H and O–H groups in total. The molecular formula is C17H18N2O3. The number of fused-ring (bicyclic) bond motifs is 1. The summed E-state index contributed by atoms with van der Waals surface area (Å²) in [5, 5.41) is 9.66. The third-order valence-corrected chi connectivity index (χ3v) is 3.82. The zero-order valence-corrected chi connectivity index (χ0v) is 12.4. The summed E-state index contributed by atoms with van der Waals surface area (Å²) in [7, 11) is 0. The highest BCUT2D eigenvalue weighted by Gasteiger charge is 2.29. The van der Waals surface area contributed by atoms with Crippen LogP contribution in [0.15, 0.2) is 42.7 Å². The normalized spacial score (nSPS) is 16.2. The van der Waals surface area contributed by atoms with E-state index in [-0.39, 0.29) is 0 Å². The molecule has 0 aliphatic carbocycles. The Kier molecular flexibility index (Phi) is 4.06. The average Bonchev–Trinajstić information content (AvgIpc) is 2.70. The molecule has 1 aliphatic heterocycles. The van der Waals surface area contributed by atoms with Crippen LogP contribution in [0.25, 0.3) is 0 Å². The number of benzene rings is 1. The molecule has 0 radical (unpaired) electrons. The van der Waals surface area contributed by atoms with E-state index in [1.54, 1.807) is 24.5 Å². The van der Waals surface area contributed by atoms with Crippen LogP contribution in [0.3, 0.4) is 0 Å². The lowest BCUT2D eigenvalue weighted by atomic mass is 10.1. The number of nitrogens with zero attached hydrogens (tertiary/aromatic N) is 2. The van der Waals surface area contributed by atoms with Crippen molar-refractivity contribution in [2.24, 2.45) is 0 Å². The summed E-state index contributed by atoms with van der Waals surface area (Å²) in [4.78, 5) is 17.7. The van der Waals surface area contributed by atoms with Crippen LogP contribution < -0.4 is 4.74 Å². The lowest BCUT2D eigenvalue weighted by Crippen LogP contribution is -2.35. The zero-order valence-electron chi connectivity index (χ0n) is 12.4. The van der Waals surface area contributed by atoms with Crippen molar-refractivity contribution in [3.8, 4) is 5.75 Å². The van der Waals surface area contributed by atoms with Crippen LogP contribution >= 0.6 is 0 Å². The minimum Gasteiger partial charge on any atom is -0.492 e. The van der Waals surface area contributed by atoms with Crippen molar-refractivity contribution >= 4 is 5.97 Å². The van der Waals surface area contributed by atoms with Crippen LogP contribution in [0.5, 0.6) is 5.75 Å². The van der Waals surface area contributed by atoms with Crippen molar-refractivity contribution in [3.05, 3.63) is 59.4 Å². The zero-order chi connectivity index (χ0) is 15.5. The molecule has 1 aromatic heterocycles. The third kappa shape index (κ3) is 2.94. The quantitative estimate of drug-likeness (QED) is 0.943. The molecule has 0 amide bonds. The molecule has 0 saturated heterocycles. The Bertz CT molecular complexity index is 673. The molecule has 2 aromatic rings. The van der Waals surface area contributed by atoms with Crippen molar-refractivity contribution in [2.45, 2.75) is 19.5 Å². The summed E-state index contributed by atoms with van der Waals surface area (Å²) < 4.78 is 5.75. The van der Waals surface area contributed by atoms with E-state index in [2.05, 4.69) is 11.1 Å². The first kappa shape index (κ1) is 14.5. The smallest absolute Gasteiger partial charge is 0.325 e. The van der Waals surface area contributed by atoms with Gasteiger partial charge in [0.25, 0.3) is 0 Å². The maximum absolute atomic E-state index is 11.8. The van der Waals surface area contributed by atoms with Gasteiger partial charge in [0.05, 0.1) is 0 Å². The Morgan fingerprint density at radius 1 is 1.41 bits per heavy atom. The number of hydrogen-bond acceptors (Lipinski definition) is 4. The van der Waals surface area contributed by atoms with Gasteiger partial charge in [-0.05, 0) is 24.6 Å². The SMILES string of the molecule is Cc1ccc2c(c1)CN(C(C(=O)O)c1cccnc1)CCO2. The van der Waals surface area contributed by atoms with Crippen LogP contribution in [0.2, 0.25) is 0 Å². The number of aromatic nitrogens is 1. The number of ether oxygens (including phenoxy) is 1. The third-order valence-electron chi connectivity index (χ3n) is 3.82. The van der Waals surface area contributed by atoms with E-state index in [1.165, 1.54) is 0 Å². The summed E-state index contributed by atoms with van der Waals surface area (Å²) in [5.74, 6) is -0.0347. The molecule has 0 spiro atoms. The lowest BCUT2D eigenvalue weighted by Gasteiger charge is -2.27. The first-order valence-electron chi connectivity index (χ1n) is 7.24. The van der Waals surface area contributed by atoms with E-state index in [9.17, 15) is 9.90 Å². The van der Waals surface area contributed by atoms with Gasteiger partial charge in [0.15, 0.2) is 0 Å². The largest absolute Gasteiger partial charge is 0.492 e. The fraction of sp³-hybridized carbons (Fsp3) is 0.294. The second-order valence-electron chi connectivity index (χ2n) is 5.46. The fourth-order valence-corrected chi connectivity index (χ4v) is 2.81. The molecule has 114 valence electrons. The molecule has 1 aliphatic rings. The van der Waals surface area contributed by atoms with E-state index in [0.717, 1.165) is 16.9 Å². The van der Waals surface area contributed by atoms with Crippen molar-refractivity contribution in [1.29, 1.82) is 0 Å². The highest BCUT2D eigenvalue weighted by Crippen LogP contribution is 2.29. The van der Waals surface area contributed by atoms with E-state index in [1.807, 2.05) is 24.0 Å². The topological polar surface area (TPSA) is 62.7 Å². The number of aryl methyl sites for hydroxylation is 1. The fourth-order valence-electron chi connectivity index (χ4n) is 2.81. The van der Waals surface area contributed by atoms with Gasteiger partial charge in [-0.2, -0.15) is 0 Å². The minimum atomic E-state index is -0.871. The summed E-state index contributed by atoms with van der Waals surface area (Å²) in [6.07, 6.45) is 3.26. The number of aliphatic carboxylic acids is 1. The first-order valence-corrected chi connectivity index (χ1v) is 7.24. The van der Waals surface area contributed by atoms with Gasteiger partial charge in [-0.1, -0.05) is 23.8 Å². The van der Waals surface area contributed by atoms with Gasteiger partial charge in [0.2, 0.25) is 0 Å². The Hall–Kier alpha value is -2.40. The molecule has 0 fully saturated rings. The number of hydrogen-bond donors (Lipinski definition) is 1. The molecular weight excluding hydrogens is 280 g/mol. The van der Waals surface area contributed by atoms with Crippen LogP contribution in [-0.2, 0) is 11.3 Å².